The van der Waals surface area contributed by atoms with Gasteiger partial charge in [-0.25, -0.2) is 13.4 Å². The summed E-state index contributed by atoms with van der Waals surface area (Å²) in [5, 5.41) is 0.714. The van der Waals surface area contributed by atoms with Gasteiger partial charge in [-0.05, 0) is 44.0 Å². The summed E-state index contributed by atoms with van der Waals surface area (Å²) in [5.41, 5.74) is 8.50. The minimum absolute atomic E-state index is 0.209. The lowest BCUT2D eigenvalue weighted by Gasteiger charge is -2.13. The van der Waals surface area contributed by atoms with Crippen LogP contribution in [0.4, 0.5) is 11.4 Å². The van der Waals surface area contributed by atoms with Gasteiger partial charge in [0, 0.05) is 5.69 Å². The highest BCUT2D eigenvalue weighted by Crippen LogP contribution is 2.27. The molecule has 0 unspecified atom stereocenters. The van der Waals surface area contributed by atoms with Crippen LogP contribution in [0, 0.1) is 20.8 Å². The van der Waals surface area contributed by atoms with E-state index in [1.807, 2.05) is 13.8 Å². The predicted molar refractivity (Wildman–Crippen MR) is 78.0 cm³/mol. The summed E-state index contributed by atoms with van der Waals surface area (Å²) in [6.45, 7) is 5.40. The van der Waals surface area contributed by atoms with E-state index in [0.29, 0.717) is 16.4 Å². The SMILES string of the molecule is Cc1ncc(S(=O)(=O)Nc2c(C)cc(N)cc2C)s1. The molecule has 1 heterocycles. The van der Waals surface area contributed by atoms with Crippen molar-refractivity contribution in [3.63, 3.8) is 0 Å². The average molecular weight is 297 g/mol. The quantitative estimate of drug-likeness (QED) is 0.852. The molecule has 0 amide bonds. The molecule has 102 valence electrons. The molecular formula is C12H15N3O2S2. The van der Waals surface area contributed by atoms with E-state index in [0.717, 1.165) is 22.5 Å². The minimum Gasteiger partial charge on any atom is -0.399 e. The molecule has 0 saturated heterocycles. The summed E-state index contributed by atoms with van der Waals surface area (Å²) in [5.74, 6) is 0. The number of nitrogen functional groups attached to an aromatic ring is 1. The fourth-order valence-corrected chi connectivity index (χ4v) is 4.12. The maximum atomic E-state index is 12.2. The van der Waals surface area contributed by atoms with E-state index < -0.39 is 10.0 Å². The third-order valence-corrected chi connectivity index (χ3v) is 5.38. The highest BCUT2D eigenvalue weighted by Gasteiger charge is 2.19. The van der Waals surface area contributed by atoms with Crippen molar-refractivity contribution < 1.29 is 8.42 Å². The number of nitrogens with one attached hydrogen (secondary N) is 1. The molecule has 19 heavy (non-hydrogen) atoms. The van der Waals surface area contributed by atoms with E-state index >= 15 is 0 Å². The number of thiazole rings is 1. The van der Waals surface area contributed by atoms with Gasteiger partial charge in [0.15, 0.2) is 4.21 Å². The molecule has 0 spiro atoms. The number of aryl methyl sites for hydroxylation is 3. The van der Waals surface area contributed by atoms with Crippen molar-refractivity contribution in [2.24, 2.45) is 0 Å². The maximum Gasteiger partial charge on any atom is 0.273 e. The zero-order chi connectivity index (χ0) is 14.2. The van der Waals surface area contributed by atoms with Crippen molar-refractivity contribution in [2.75, 3.05) is 10.5 Å². The monoisotopic (exact) mass is 297 g/mol. The standard InChI is InChI=1S/C12H15N3O2S2/c1-7-4-10(13)5-8(2)12(7)15-19(16,17)11-6-14-9(3)18-11/h4-6,15H,13H2,1-3H3. The molecule has 1 aromatic heterocycles. The molecule has 3 N–H and O–H groups in total. The first-order valence-corrected chi connectivity index (χ1v) is 7.91. The summed E-state index contributed by atoms with van der Waals surface area (Å²) in [4.78, 5) is 3.96. The fraction of sp³-hybridized carbons (Fsp3) is 0.250. The van der Waals surface area contributed by atoms with E-state index in [2.05, 4.69) is 9.71 Å². The predicted octanol–water partition coefficient (Wildman–Crippen LogP) is 2.45. The van der Waals surface area contributed by atoms with Crippen LogP contribution in [-0.4, -0.2) is 13.4 Å². The summed E-state index contributed by atoms with van der Waals surface area (Å²) >= 11 is 1.14. The molecule has 0 radical (unpaired) electrons. The molecule has 2 rings (SSSR count). The van der Waals surface area contributed by atoms with Crippen LogP contribution in [0.25, 0.3) is 0 Å². The Morgan fingerprint density at radius 1 is 1.21 bits per heavy atom. The van der Waals surface area contributed by atoms with Gasteiger partial charge in [-0.2, -0.15) is 0 Å². The second-order valence-corrected chi connectivity index (χ2v) is 7.48. The first-order chi connectivity index (χ1) is 8.79. The Morgan fingerprint density at radius 2 is 1.79 bits per heavy atom. The van der Waals surface area contributed by atoms with Crippen LogP contribution < -0.4 is 10.5 Å². The maximum absolute atomic E-state index is 12.2. The van der Waals surface area contributed by atoms with Crippen LogP contribution in [0.3, 0.4) is 0 Å². The van der Waals surface area contributed by atoms with Crippen LogP contribution in [-0.2, 0) is 10.0 Å². The van der Waals surface area contributed by atoms with E-state index in [1.165, 1.54) is 6.20 Å². The second-order valence-electron chi connectivity index (χ2n) is 4.33. The molecule has 5 nitrogen and oxygen atoms in total. The lowest BCUT2D eigenvalue weighted by Crippen LogP contribution is -2.13. The molecule has 0 atom stereocenters. The molecule has 7 heteroatoms. The topological polar surface area (TPSA) is 85.1 Å². The first-order valence-electron chi connectivity index (χ1n) is 5.61. The second kappa shape index (κ2) is 4.82. The van der Waals surface area contributed by atoms with Gasteiger partial charge >= 0.3 is 0 Å². The first kappa shape index (κ1) is 13.8. The molecule has 0 bridgehead atoms. The van der Waals surface area contributed by atoms with Crippen molar-refractivity contribution >= 4 is 32.7 Å². The van der Waals surface area contributed by atoms with E-state index in [9.17, 15) is 8.42 Å². The molecule has 0 saturated carbocycles. The Morgan fingerprint density at radius 3 is 2.26 bits per heavy atom. The van der Waals surface area contributed by atoms with Gasteiger partial charge in [-0.3, -0.25) is 4.72 Å². The normalized spacial score (nSPS) is 11.5. The summed E-state index contributed by atoms with van der Waals surface area (Å²) < 4.78 is 27.3. The Bertz CT molecular complexity index is 697. The molecule has 0 fully saturated rings. The van der Waals surface area contributed by atoms with Gasteiger partial charge in [0.05, 0.1) is 16.9 Å². The summed E-state index contributed by atoms with van der Waals surface area (Å²) in [7, 11) is -3.59. The highest BCUT2D eigenvalue weighted by atomic mass is 32.2. The Balaban J connectivity index is 2.41. The van der Waals surface area contributed by atoms with Gasteiger partial charge in [0.1, 0.15) is 0 Å². The van der Waals surface area contributed by atoms with E-state index in [1.54, 1.807) is 19.1 Å². The number of nitrogens with zero attached hydrogens (tertiary/aromatic N) is 1. The molecule has 0 aliphatic rings. The van der Waals surface area contributed by atoms with Crippen molar-refractivity contribution in [3.8, 4) is 0 Å². The van der Waals surface area contributed by atoms with E-state index in [-0.39, 0.29) is 4.21 Å². The van der Waals surface area contributed by atoms with Crippen molar-refractivity contribution in [1.82, 2.24) is 4.98 Å². The van der Waals surface area contributed by atoms with Crippen molar-refractivity contribution in [2.45, 2.75) is 25.0 Å². The number of nitrogens with two attached hydrogens (primary N) is 1. The van der Waals surface area contributed by atoms with Gasteiger partial charge in [0.25, 0.3) is 10.0 Å². The van der Waals surface area contributed by atoms with Gasteiger partial charge in [-0.1, -0.05) is 0 Å². The van der Waals surface area contributed by atoms with Gasteiger partial charge in [-0.15, -0.1) is 11.3 Å². The Hall–Kier alpha value is -1.60. The number of rotatable bonds is 3. The Labute approximate surface area is 116 Å². The lowest BCUT2D eigenvalue weighted by molar-refractivity contribution is 0.603. The van der Waals surface area contributed by atoms with Crippen LogP contribution in [0.5, 0.6) is 0 Å². The highest BCUT2D eigenvalue weighted by molar-refractivity contribution is 7.94. The molecular weight excluding hydrogens is 282 g/mol. The fourth-order valence-electron chi connectivity index (χ4n) is 1.81. The number of anilines is 2. The molecule has 0 aliphatic carbocycles. The number of benzene rings is 1. The Kier molecular flexibility index (Phi) is 3.51. The zero-order valence-corrected chi connectivity index (χ0v) is 12.5. The van der Waals surface area contributed by atoms with Gasteiger partial charge < -0.3 is 5.73 Å². The molecule has 0 aliphatic heterocycles. The minimum atomic E-state index is -3.59. The van der Waals surface area contributed by atoms with Crippen LogP contribution >= 0.6 is 11.3 Å². The van der Waals surface area contributed by atoms with Crippen LogP contribution in [0.2, 0.25) is 0 Å². The van der Waals surface area contributed by atoms with Gasteiger partial charge in [0.2, 0.25) is 0 Å². The third kappa shape index (κ3) is 2.87. The molecule has 2 aromatic rings. The lowest BCUT2D eigenvalue weighted by atomic mass is 10.1. The third-order valence-electron chi connectivity index (χ3n) is 2.66. The van der Waals surface area contributed by atoms with Crippen molar-refractivity contribution in [3.05, 3.63) is 34.5 Å². The summed E-state index contributed by atoms with van der Waals surface area (Å²) in [6.07, 6.45) is 1.37. The number of sulfonamides is 1. The smallest absolute Gasteiger partial charge is 0.273 e. The molecule has 1 aromatic carbocycles. The van der Waals surface area contributed by atoms with Crippen molar-refractivity contribution in [1.29, 1.82) is 0 Å². The largest absolute Gasteiger partial charge is 0.399 e. The summed E-state index contributed by atoms with van der Waals surface area (Å²) in [6, 6.07) is 3.48. The average Bonchev–Trinajstić information content (AvgIpc) is 2.71. The number of hydrogen-bond acceptors (Lipinski definition) is 5. The van der Waals surface area contributed by atoms with Crippen LogP contribution in [0.15, 0.2) is 22.5 Å². The van der Waals surface area contributed by atoms with Crippen LogP contribution in [0.1, 0.15) is 16.1 Å². The zero-order valence-electron chi connectivity index (χ0n) is 10.9. The number of hydrogen-bond donors (Lipinski definition) is 2. The van der Waals surface area contributed by atoms with E-state index in [4.69, 9.17) is 5.73 Å². The number of aromatic nitrogens is 1.